The van der Waals surface area contributed by atoms with Crippen molar-refractivity contribution in [3.63, 3.8) is 0 Å². The number of amides is 2. The molecule has 0 unspecified atom stereocenters. The zero-order valence-electron chi connectivity index (χ0n) is 18.9. The highest BCUT2D eigenvalue weighted by molar-refractivity contribution is 7.10. The van der Waals surface area contributed by atoms with Crippen molar-refractivity contribution in [3.05, 3.63) is 79.7 Å². The van der Waals surface area contributed by atoms with E-state index in [1.807, 2.05) is 36.1 Å². The normalized spacial score (nSPS) is 19.2. The number of hydrogen-bond acceptors (Lipinski definition) is 5. The van der Waals surface area contributed by atoms with E-state index in [9.17, 15) is 9.59 Å². The van der Waals surface area contributed by atoms with Gasteiger partial charge >= 0.3 is 0 Å². The zero-order chi connectivity index (χ0) is 22.8. The lowest BCUT2D eigenvalue weighted by molar-refractivity contribution is -0.134. The topological polar surface area (TPSA) is 43.9 Å². The fourth-order valence-electron chi connectivity index (χ4n) is 4.91. The van der Waals surface area contributed by atoms with Crippen LogP contribution in [0.15, 0.2) is 53.2 Å². The Kier molecular flexibility index (Phi) is 6.62. The summed E-state index contributed by atoms with van der Waals surface area (Å²) < 4.78 is 0. The Morgan fingerprint density at radius 1 is 0.970 bits per heavy atom. The lowest BCUT2D eigenvalue weighted by Gasteiger charge is -2.36. The van der Waals surface area contributed by atoms with Crippen molar-refractivity contribution in [2.75, 3.05) is 39.3 Å². The first-order valence-corrected chi connectivity index (χ1v) is 13.3. The molecule has 2 amide bonds. The van der Waals surface area contributed by atoms with Crippen LogP contribution in [0.3, 0.4) is 0 Å². The summed E-state index contributed by atoms with van der Waals surface area (Å²) in [6.07, 6.45) is 1.81. The van der Waals surface area contributed by atoms with Gasteiger partial charge in [0.1, 0.15) is 0 Å². The van der Waals surface area contributed by atoms with Crippen LogP contribution in [0.5, 0.6) is 0 Å². The van der Waals surface area contributed by atoms with Crippen molar-refractivity contribution in [1.29, 1.82) is 0 Å². The van der Waals surface area contributed by atoms with Crippen LogP contribution in [-0.2, 0) is 11.2 Å². The molecule has 2 aromatic heterocycles. The number of rotatable bonds is 4. The Labute approximate surface area is 203 Å². The summed E-state index contributed by atoms with van der Waals surface area (Å²) in [7, 11) is 0. The first-order valence-electron chi connectivity index (χ1n) is 11.6. The molecule has 0 aliphatic carbocycles. The maximum absolute atomic E-state index is 13.5. The molecule has 0 radical (unpaired) electrons. The van der Waals surface area contributed by atoms with Gasteiger partial charge in [-0.25, -0.2) is 0 Å². The molecular weight excluding hydrogens is 450 g/mol. The molecule has 3 aromatic rings. The van der Waals surface area contributed by atoms with E-state index in [0.717, 1.165) is 50.1 Å². The van der Waals surface area contributed by atoms with Gasteiger partial charge in [-0.05, 0) is 60.4 Å². The quantitative estimate of drug-likeness (QED) is 0.556. The maximum Gasteiger partial charge on any atom is 0.253 e. The largest absolute Gasteiger partial charge is 0.337 e. The van der Waals surface area contributed by atoms with Crippen LogP contribution >= 0.6 is 22.7 Å². The van der Waals surface area contributed by atoms with E-state index in [1.54, 1.807) is 22.7 Å². The van der Waals surface area contributed by atoms with Crippen LogP contribution in [0.25, 0.3) is 0 Å². The minimum absolute atomic E-state index is 0.0267. The number of nitrogens with zero attached hydrogens (tertiary/aromatic N) is 3. The molecule has 33 heavy (non-hydrogen) atoms. The van der Waals surface area contributed by atoms with Crippen molar-refractivity contribution in [2.24, 2.45) is 0 Å². The smallest absolute Gasteiger partial charge is 0.253 e. The lowest BCUT2D eigenvalue weighted by atomic mass is 9.98. The first kappa shape index (κ1) is 22.3. The predicted molar refractivity (Wildman–Crippen MR) is 134 cm³/mol. The number of hydrogen-bond donors (Lipinski definition) is 0. The molecule has 4 heterocycles. The van der Waals surface area contributed by atoms with E-state index in [1.165, 1.54) is 15.3 Å². The third-order valence-corrected chi connectivity index (χ3v) is 8.52. The minimum atomic E-state index is 0.0267. The van der Waals surface area contributed by atoms with E-state index in [0.29, 0.717) is 13.1 Å². The SMILES string of the molecule is Cc1cccc(C(=O)N2CCCN(CC(=O)N3CCc4sccc4[C@H]3c3cccs3)CC2)c1. The average molecular weight is 480 g/mol. The molecule has 2 aliphatic heterocycles. The fourth-order valence-corrected chi connectivity index (χ4v) is 6.67. The molecule has 5 nitrogen and oxygen atoms in total. The van der Waals surface area contributed by atoms with Crippen molar-refractivity contribution in [3.8, 4) is 0 Å². The van der Waals surface area contributed by atoms with Gasteiger partial charge in [0, 0.05) is 48.0 Å². The zero-order valence-corrected chi connectivity index (χ0v) is 20.5. The van der Waals surface area contributed by atoms with Gasteiger partial charge in [-0.2, -0.15) is 0 Å². The number of thiophene rings is 2. The fraction of sp³-hybridized carbons (Fsp3) is 0.385. The molecule has 172 valence electrons. The van der Waals surface area contributed by atoms with Crippen LogP contribution < -0.4 is 0 Å². The summed E-state index contributed by atoms with van der Waals surface area (Å²) in [4.78, 5) is 35.3. The molecule has 0 spiro atoms. The summed E-state index contributed by atoms with van der Waals surface area (Å²) in [6.45, 7) is 6.14. The van der Waals surface area contributed by atoms with E-state index >= 15 is 0 Å². The Balaban J connectivity index is 1.25. The predicted octanol–water partition coefficient (Wildman–Crippen LogP) is 4.44. The number of fused-ring (bicyclic) bond motifs is 1. The highest BCUT2D eigenvalue weighted by Crippen LogP contribution is 2.39. The molecule has 1 saturated heterocycles. The van der Waals surface area contributed by atoms with Crippen molar-refractivity contribution < 1.29 is 9.59 Å². The van der Waals surface area contributed by atoms with Crippen LogP contribution in [0.4, 0.5) is 0 Å². The molecule has 1 fully saturated rings. The van der Waals surface area contributed by atoms with Gasteiger partial charge in [0.2, 0.25) is 5.91 Å². The molecule has 1 atom stereocenters. The average Bonchev–Trinajstić information content (AvgIpc) is 3.47. The van der Waals surface area contributed by atoms with Crippen LogP contribution in [-0.4, -0.2) is 65.8 Å². The standard InChI is InChI=1S/C26H29N3O2S2/c1-19-5-2-6-20(17-19)26(31)28-11-4-10-27(13-14-28)18-24(30)29-12-8-22-21(9-16-33-22)25(29)23-7-3-15-32-23/h2-3,5-7,9,15-17,25H,4,8,10-14,18H2,1H3/t25-/m0/s1. The van der Waals surface area contributed by atoms with Gasteiger partial charge in [-0.3, -0.25) is 14.5 Å². The molecule has 7 heteroatoms. The highest BCUT2D eigenvalue weighted by Gasteiger charge is 2.34. The minimum Gasteiger partial charge on any atom is -0.337 e. The molecule has 0 N–H and O–H groups in total. The summed E-state index contributed by atoms with van der Waals surface area (Å²) in [5, 5.41) is 4.24. The second kappa shape index (κ2) is 9.79. The Bertz CT molecular complexity index is 1120. The van der Waals surface area contributed by atoms with Gasteiger partial charge < -0.3 is 9.80 Å². The molecule has 1 aromatic carbocycles. The van der Waals surface area contributed by atoms with Crippen LogP contribution in [0, 0.1) is 6.92 Å². The molecule has 0 saturated carbocycles. The lowest BCUT2D eigenvalue weighted by Crippen LogP contribution is -2.46. The Morgan fingerprint density at radius 2 is 1.88 bits per heavy atom. The van der Waals surface area contributed by atoms with Gasteiger partial charge in [-0.1, -0.05) is 23.8 Å². The Hall–Kier alpha value is -2.48. The van der Waals surface area contributed by atoms with E-state index in [4.69, 9.17) is 0 Å². The van der Waals surface area contributed by atoms with Gasteiger partial charge in [0.25, 0.3) is 5.91 Å². The monoisotopic (exact) mass is 479 g/mol. The van der Waals surface area contributed by atoms with Crippen molar-refractivity contribution >= 4 is 34.5 Å². The number of carbonyl (C=O) groups is 2. The molecular formula is C26H29N3O2S2. The molecule has 5 rings (SSSR count). The van der Waals surface area contributed by atoms with Crippen molar-refractivity contribution in [2.45, 2.75) is 25.8 Å². The number of benzene rings is 1. The maximum atomic E-state index is 13.5. The van der Waals surface area contributed by atoms with Crippen molar-refractivity contribution in [1.82, 2.24) is 14.7 Å². The first-order chi connectivity index (χ1) is 16.1. The second-order valence-corrected chi connectivity index (χ2v) is 10.8. The summed E-state index contributed by atoms with van der Waals surface area (Å²) in [6, 6.07) is 14.2. The molecule has 2 aliphatic rings. The second-order valence-electron chi connectivity index (χ2n) is 8.85. The summed E-state index contributed by atoms with van der Waals surface area (Å²) >= 11 is 3.52. The Morgan fingerprint density at radius 3 is 2.70 bits per heavy atom. The number of aryl methyl sites for hydroxylation is 1. The van der Waals surface area contributed by atoms with Gasteiger partial charge in [0.15, 0.2) is 0 Å². The summed E-state index contributed by atoms with van der Waals surface area (Å²) in [5.74, 6) is 0.273. The van der Waals surface area contributed by atoms with Crippen LogP contribution in [0.1, 0.15) is 43.7 Å². The number of carbonyl (C=O) groups excluding carboxylic acids is 2. The highest BCUT2D eigenvalue weighted by atomic mass is 32.1. The van der Waals surface area contributed by atoms with E-state index in [-0.39, 0.29) is 17.9 Å². The molecule has 0 bridgehead atoms. The van der Waals surface area contributed by atoms with E-state index < -0.39 is 0 Å². The van der Waals surface area contributed by atoms with Gasteiger partial charge in [-0.15, -0.1) is 22.7 Å². The third-order valence-electron chi connectivity index (χ3n) is 6.60. The van der Waals surface area contributed by atoms with Gasteiger partial charge in [0.05, 0.1) is 12.6 Å². The van der Waals surface area contributed by atoms with Crippen LogP contribution in [0.2, 0.25) is 0 Å². The summed E-state index contributed by atoms with van der Waals surface area (Å²) in [5.41, 5.74) is 3.13. The third kappa shape index (κ3) is 4.76. The van der Waals surface area contributed by atoms with E-state index in [2.05, 4.69) is 38.8 Å².